The minimum atomic E-state index is -0.295. The first-order valence-electron chi connectivity index (χ1n) is 5.46. The lowest BCUT2D eigenvalue weighted by molar-refractivity contribution is -0.645. The zero-order valence-corrected chi connectivity index (χ0v) is 11.4. The maximum Gasteiger partial charge on any atom is 0.252 e. The van der Waals surface area contributed by atoms with E-state index in [1.54, 1.807) is 25.1 Å². The van der Waals surface area contributed by atoms with E-state index in [4.69, 9.17) is 0 Å². The number of thioether (sulfide) groups is 1. The topological polar surface area (TPSA) is 56.0 Å². The fourth-order valence-corrected chi connectivity index (χ4v) is 2.06. The first-order valence-corrected chi connectivity index (χ1v) is 6.34. The van der Waals surface area contributed by atoms with E-state index >= 15 is 0 Å². The Morgan fingerprint density at radius 2 is 2.12 bits per heavy atom. The molecule has 17 heavy (non-hydrogen) atoms. The van der Waals surface area contributed by atoms with E-state index in [2.05, 4.69) is 5.32 Å². The molecule has 5 heteroatoms. The molecular formula is C12H18N2O2S. The van der Waals surface area contributed by atoms with Gasteiger partial charge in [-0.05, 0) is 45.5 Å². The lowest BCUT2D eigenvalue weighted by Gasteiger charge is -2.22. The molecule has 0 saturated carbocycles. The monoisotopic (exact) mass is 254 g/mol. The molecule has 1 amide bonds. The van der Waals surface area contributed by atoms with Crippen molar-refractivity contribution in [1.82, 2.24) is 5.32 Å². The van der Waals surface area contributed by atoms with Gasteiger partial charge in [0.05, 0.1) is 5.25 Å². The largest absolute Gasteiger partial charge is 0.618 e. The van der Waals surface area contributed by atoms with Crippen LogP contribution < -0.4 is 10.0 Å². The second kappa shape index (κ2) is 5.40. The molecule has 1 aromatic rings. The number of rotatable bonds is 3. The van der Waals surface area contributed by atoms with Crippen molar-refractivity contribution < 1.29 is 9.52 Å². The average molecular weight is 254 g/mol. The molecular weight excluding hydrogens is 236 g/mol. The van der Waals surface area contributed by atoms with Crippen molar-refractivity contribution in [3.05, 3.63) is 29.6 Å². The minimum Gasteiger partial charge on any atom is -0.618 e. The van der Waals surface area contributed by atoms with Crippen LogP contribution in [0, 0.1) is 5.21 Å². The second-order valence-corrected chi connectivity index (χ2v) is 6.23. The number of carbonyl (C=O) groups is 1. The van der Waals surface area contributed by atoms with Crippen LogP contribution in [-0.4, -0.2) is 16.7 Å². The standard InChI is InChI=1S/C12H18N2O2S/c1-9(11(15)13-12(2,3)4)17-10-7-5-6-8-14(10)16/h5-9H,1-4H3,(H,13,15). The molecule has 0 saturated heterocycles. The molecule has 0 spiro atoms. The predicted octanol–water partition coefficient (Wildman–Crippen LogP) is 1.72. The molecule has 1 N–H and O–H groups in total. The van der Waals surface area contributed by atoms with Crippen molar-refractivity contribution in [2.45, 2.75) is 43.5 Å². The van der Waals surface area contributed by atoms with E-state index in [1.807, 2.05) is 20.8 Å². The van der Waals surface area contributed by atoms with Crippen LogP contribution in [0.1, 0.15) is 27.7 Å². The fraction of sp³-hybridized carbons (Fsp3) is 0.500. The van der Waals surface area contributed by atoms with Crippen LogP contribution in [0.25, 0.3) is 0 Å². The minimum absolute atomic E-state index is 0.0636. The molecule has 0 radical (unpaired) electrons. The molecule has 0 aliphatic rings. The van der Waals surface area contributed by atoms with Gasteiger partial charge in [-0.25, -0.2) is 0 Å². The number of hydrogen-bond donors (Lipinski definition) is 1. The molecule has 0 aliphatic heterocycles. The van der Waals surface area contributed by atoms with E-state index in [9.17, 15) is 10.0 Å². The van der Waals surface area contributed by atoms with Crippen LogP contribution in [0.15, 0.2) is 29.4 Å². The summed E-state index contributed by atoms with van der Waals surface area (Å²) in [6, 6.07) is 5.15. The molecule has 0 aliphatic carbocycles. The van der Waals surface area contributed by atoms with Gasteiger partial charge in [-0.2, -0.15) is 4.73 Å². The Bertz CT molecular complexity index is 402. The van der Waals surface area contributed by atoms with Gasteiger partial charge in [-0.1, -0.05) is 0 Å². The van der Waals surface area contributed by atoms with Crippen LogP contribution in [0.5, 0.6) is 0 Å². The number of aromatic nitrogens is 1. The van der Waals surface area contributed by atoms with Gasteiger partial charge in [0.15, 0.2) is 6.20 Å². The molecule has 4 nitrogen and oxygen atoms in total. The molecule has 1 aromatic heterocycles. The third-order valence-corrected chi connectivity index (χ3v) is 3.08. The summed E-state index contributed by atoms with van der Waals surface area (Å²) in [5.41, 5.74) is -0.254. The van der Waals surface area contributed by atoms with Crippen LogP contribution in [0.4, 0.5) is 0 Å². The molecule has 1 heterocycles. The Balaban J connectivity index is 2.64. The lowest BCUT2D eigenvalue weighted by atomic mass is 10.1. The number of amides is 1. The molecule has 1 atom stereocenters. The summed E-state index contributed by atoms with van der Waals surface area (Å²) in [5.74, 6) is -0.0636. The fourth-order valence-electron chi connectivity index (χ4n) is 1.21. The number of pyridine rings is 1. The Labute approximate surface area is 106 Å². The smallest absolute Gasteiger partial charge is 0.252 e. The highest BCUT2D eigenvalue weighted by Gasteiger charge is 2.22. The van der Waals surface area contributed by atoms with Gasteiger partial charge in [0.25, 0.3) is 5.03 Å². The Kier molecular flexibility index (Phi) is 4.40. The van der Waals surface area contributed by atoms with E-state index in [1.165, 1.54) is 18.0 Å². The Hall–Kier alpha value is -1.23. The van der Waals surface area contributed by atoms with Gasteiger partial charge in [0.2, 0.25) is 5.91 Å². The maximum atomic E-state index is 11.8. The summed E-state index contributed by atoms with van der Waals surface area (Å²) in [5, 5.41) is 14.6. The summed E-state index contributed by atoms with van der Waals surface area (Å²) < 4.78 is 0.769. The van der Waals surface area contributed by atoms with Crippen LogP contribution in [-0.2, 0) is 4.79 Å². The van der Waals surface area contributed by atoms with Gasteiger partial charge in [0, 0.05) is 17.7 Å². The molecule has 0 fully saturated rings. The van der Waals surface area contributed by atoms with Crippen molar-refractivity contribution in [2.24, 2.45) is 0 Å². The average Bonchev–Trinajstić information content (AvgIpc) is 2.18. The molecule has 1 rings (SSSR count). The zero-order valence-electron chi connectivity index (χ0n) is 10.6. The molecule has 0 aromatic carbocycles. The summed E-state index contributed by atoms with van der Waals surface area (Å²) in [6.45, 7) is 7.58. The van der Waals surface area contributed by atoms with Crippen LogP contribution in [0.2, 0.25) is 0 Å². The van der Waals surface area contributed by atoms with Crippen molar-refractivity contribution >= 4 is 17.7 Å². The van der Waals surface area contributed by atoms with Crippen molar-refractivity contribution in [3.63, 3.8) is 0 Å². The van der Waals surface area contributed by atoms with Crippen molar-refractivity contribution in [2.75, 3.05) is 0 Å². The SMILES string of the molecule is CC(Sc1cccc[n+]1[O-])C(=O)NC(C)(C)C. The Morgan fingerprint density at radius 1 is 1.47 bits per heavy atom. The quantitative estimate of drug-likeness (QED) is 0.507. The molecule has 94 valence electrons. The lowest BCUT2D eigenvalue weighted by Crippen LogP contribution is -2.44. The van der Waals surface area contributed by atoms with E-state index in [-0.39, 0.29) is 16.7 Å². The normalized spacial score (nSPS) is 13.2. The summed E-state index contributed by atoms with van der Waals surface area (Å²) in [7, 11) is 0. The maximum absolute atomic E-state index is 11.8. The first kappa shape index (κ1) is 13.8. The molecule has 1 unspecified atom stereocenters. The van der Waals surface area contributed by atoms with Gasteiger partial charge in [-0.15, -0.1) is 0 Å². The predicted molar refractivity (Wildman–Crippen MR) is 68.6 cm³/mol. The third kappa shape index (κ3) is 4.65. The second-order valence-electron chi connectivity index (χ2n) is 4.86. The highest BCUT2D eigenvalue weighted by molar-refractivity contribution is 8.00. The van der Waals surface area contributed by atoms with Gasteiger partial charge < -0.3 is 10.5 Å². The van der Waals surface area contributed by atoms with Crippen LogP contribution >= 0.6 is 11.8 Å². The number of hydrogen-bond acceptors (Lipinski definition) is 3. The van der Waals surface area contributed by atoms with E-state index in [0.717, 1.165) is 4.73 Å². The highest BCUT2D eigenvalue weighted by atomic mass is 32.2. The molecule has 0 bridgehead atoms. The summed E-state index contributed by atoms with van der Waals surface area (Å²) >= 11 is 1.26. The highest BCUT2D eigenvalue weighted by Crippen LogP contribution is 2.19. The Morgan fingerprint density at radius 3 is 2.65 bits per heavy atom. The summed E-state index contributed by atoms with van der Waals surface area (Å²) in [4.78, 5) is 11.8. The van der Waals surface area contributed by atoms with Gasteiger partial charge >= 0.3 is 0 Å². The number of carbonyl (C=O) groups excluding carboxylic acids is 1. The summed E-state index contributed by atoms with van der Waals surface area (Å²) in [6.07, 6.45) is 1.43. The van der Waals surface area contributed by atoms with Gasteiger partial charge in [-0.3, -0.25) is 4.79 Å². The zero-order chi connectivity index (χ0) is 13.1. The first-order chi connectivity index (χ1) is 7.79. The van der Waals surface area contributed by atoms with E-state index in [0.29, 0.717) is 5.03 Å². The van der Waals surface area contributed by atoms with Crippen molar-refractivity contribution in [1.29, 1.82) is 0 Å². The van der Waals surface area contributed by atoms with Crippen molar-refractivity contribution in [3.8, 4) is 0 Å². The van der Waals surface area contributed by atoms with E-state index < -0.39 is 0 Å². The number of nitrogens with one attached hydrogen (secondary N) is 1. The number of nitrogens with zero attached hydrogens (tertiary/aromatic N) is 1. The van der Waals surface area contributed by atoms with Gasteiger partial charge in [0.1, 0.15) is 0 Å². The van der Waals surface area contributed by atoms with Crippen LogP contribution in [0.3, 0.4) is 0 Å². The third-order valence-electron chi connectivity index (χ3n) is 1.95.